The van der Waals surface area contributed by atoms with Gasteiger partial charge in [0.2, 0.25) is 0 Å². The third-order valence-electron chi connectivity index (χ3n) is 3.72. The Hall–Kier alpha value is -1.10. The van der Waals surface area contributed by atoms with Crippen LogP contribution in [0.3, 0.4) is 0 Å². The third-order valence-corrected chi connectivity index (χ3v) is 4.82. The Morgan fingerprint density at radius 2 is 1.60 bits per heavy atom. The van der Waals surface area contributed by atoms with Crippen LogP contribution >= 0.6 is 8.58 Å². The zero-order chi connectivity index (χ0) is 17.5. The van der Waals surface area contributed by atoms with Crippen LogP contribution in [0.1, 0.15) is 34.0 Å². The molecule has 1 radical (unpaired) electrons. The number of benzene rings is 2. The van der Waals surface area contributed by atoms with Crippen LogP contribution in [0.2, 0.25) is 0 Å². The molecule has 0 saturated heterocycles. The van der Waals surface area contributed by atoms with Crippen molar-refractivity contribution in [3.63, 3.8) is 0 Å². The standard InChI is InChI=1S/C20H25O3P.Li/c1-5-22-10-11-23-17-6-8-18(9-7-17)24-20(21)19-15(3)12-14(2)13-16(19)4;/h6-9,12-13,24H,5,10-11H2,1-4H3;. The Morgan fingerprint density at radius 3 is 2.16 bits per heavy atom. The smallest absolute Gasteiger partial charge is 0.186 e. The largest absolute Gasteiger partial charge is 0.491 e. The molecule has 0 heterocycles. The van der Waals surface area contributed by atoms with E-state index in [-0.39, 0.29) is 33.0 Å². The van der Waals surface area contributed by atoms with E-state index < -0.39 is 0 Å². The van der Waals surface area contributed by atoms with Crippen molar-refractivity contribution in [2.45, 2.75) is 27.7 Å². The van der Waals surface area contributed by atoms with Gasteiger partial charge < -0.3 is 9.47 Å². The van der Waals surface area contributed by atoms with Crippen LogP contribution < -0.4 is 10.0 Å². The maximum absolute atomic E-state index is 12.7. The molecule has 129 valence electrons. The maximum Gasteiger partial charge on any atom is 0.186 e. The minimum Gasteiger partial charge on any atom is -0.491 e. The van der Waals surface area contributed by atoms with Crippen molar-refractivity contribution in [3.05, 3.63) is 58.7 Å². The van der Waals surface area contributed by atoms with Gasteiger partial charge in [-0.1, -0.05) is 29.8 Å². The topological polar surface area (TPSA) is 35.5 Å². The van der Waals surface area contributed by atoms with Crippen LogP contribution in [0.25, 0.3) is 0 Å². The van der Waals surface area contributed by atoms with Crippen molar-refractivity contribution in [1.82, 2.24) is 0 Å². The molecule has 25 heavy (non-hydrogen) atoms. The molecule has 2 aromatic rings. The zero-order valence-corrected chi connectivity index (χ0v) is 16.8. The first-order valence-corrected chi connectivity index (χ1v) is 9.21. The SMILES string of the molecule is CCOCCOc1ccc(PC(=O)c2c(C)cc(C)cc2C)cc1.[Li]. The molecule has 0 aromatic heterocycles. The first-order chi connectivity index (χ1) is 11.5. The Labute approximate surface area is 164 Å². The fourth-order valence-electron chi connectivity index (χ4n) is 2.73. The summed E-state index contributed by atoms with van der Waals surface area (Å²) in [6.45, 7) is 9.86. The molecule has 0 amide bonds. The molecule has 0 N–H and O–H groups in total. The molecule has 0 bridgehead atoms. The van der Waals surface area contributed by atoms with Gasteiger partial charge in [-0.05, 0) is 64.8 Å². The van der Waals surface area contributed by atoms with E-state index in [1.807, 2.05) is 45.0 Å². The van der Waals surface area contributed by atoms with Gasteiger partial charge in [0.1, 0.15) is 12.4 Å². The summed E-state index contributed by atoms with van der Waals surface area (Å²) in [6.07, 6.45) is 0. The molecule has 2 rings (SSSR count). The minimum atomic E-state index is 0. The molecular weight excluding hydrogens is 326 g/mol. The summed E-state index contributed by atoms with van der Waals surface area (Å²) >= 11 is 0. The number of carbonyl (C=O) groups is 1. The van der Waals surface area contributed by atoms with E-state index >= 15 is 0 Å². The Kier molecular flexibility index (Phi) is 9.47. The third kappa shape index (κ3) is 6.61. The molecule has 5 heteroatoms. The predicted octanol–water partition coefficient (Wildman–Crippen LogP) is 3.79. The number of rotatable bonds is 8. The van der Waals surface area contributed by atoms with Crippen LogP contribution in [0.5, 0.6) is 5.75 Å². The van der Waals surface area contributed by atoms with Gasteiger partial charge in [-0.2, -0.15) is 0 Å². The van der Waals surface area contributed by atoms with Crippen molar-refractivity contribution in [2.75, 3.05) is 19.8 Å². The van der Waals surface area contributed by atoms with E-state index in [0.717, 1.165) is 27.7 Å². The average molecular weight is 351 g/mol. The fraction of sp³-hybridized carbons (Fsp3) is 0.350. The second-order valence-corrected chi connectivity index (χ2v) is 7.08. The van der Waals surface area contributed by atoms with Crippen LogP contribution in [0, 0.1) is 20.8 Å². The van der Waals surface area contributed by atoms with Crippen LogP contribution in [-0.2, 0) is 4.74 Å². The molecule has 0 fully saturated rings. The van der Waals surface area contributed by atoms with Gasteiger partial charge in [0.15, 0.2) is 5.52 Å². The molecule has 1 unspecified atom stereocenters. The summed E-state index contributed by atoms with van der Waals surface area (Å²) in [5, 5.41) is 1.02. The summed E-state index contributed by atoms with van der Waals surface area (Å²) in [7, 11) is 0.125. The molecule has 0 saturated carbocycles. The number of hydrogen-bond acceptors (Lipinski definition) is 3. The van der Waals surface area contributed by atoms with Crippen LogP contribution in [-0.4, -0.2) is 44.2 Å². The van der Waals surface area contributed by atoms with Gasteiger partial charge >= 0.3 is 0 Å². The molecule has 0 spiro atoms. The van der Waals surface area contributed by atoms with E-state index in [2.05, 4.69) is 19.1 Å². The monoisotopic (exact) mass is 351 g/mol. The normalized spacial score (nSPS) is 10.7. The van der Waals surface area contributed by atoms with E-state index in [1.165, 1.54) is 5.56 Å². The van der Waals surface area contributed by atoms with Crippen molar-refractivity contribution in [1.29, 1.82) is 0 Å². The van der Waals surface area contributed by atoms with Crippen LogP contribution in [0.4, 0.5) is 0 Å². The Morgan fingerprint density at radius 1 is 1.00 bits per heavy atom. The molecular formula is C20H25LiO3P. The molecule has 0 aliphatic carbocycles. The quantitative estimate of drug-likeness (QED) is 0.412. The zero-order valence-electron chi connectivity index (χ0n) is 15.8. The van der Waals surface area contributed by atoms with E-state index in [1.54, 1.807) is 0 Å². The van der Waals surface area contributed by atoms with Crippen molar-refractivity contribution >= 4 is 38.3 Å². The van der Waals surface area contributed by atoms with Crippen LogP contribution in [0.15, 0.2) is 36.4 Å². The Bertz CT molecular complexity index is 676. The summed E-state index contributed by atoms with van der Waals surface area (Å²) in [4.78, 5) is 12.7. The summed E-state index contributed by atoms with van der Waals surface area (Å²) in [5.74, 6) is 0.804. The Balaban J connectivity index is 0.00000312. The van der Waals surface area contributed by atoms with Crippen molar-refractivity contribution < 1.29 is 14.3 Å². The maximum atomic E-state index is 12.7. The summed E-state index contributed by atoms with van der Waals surface area (Å²) in [5.41, 5.74) is 4.35. The number of carbonyl (C=O) groups excluding carboxylic acids is 1. The predicted molar refractivity (Wildman–Crippen MR) is 107 cm³/mol. The average Bonchev–Trinajstić information content (AvgIpc) is 2.52. The van der Waals surface area contributed by atoms with Gasteiger partial charge in [-0.25, -0.2) is 0 Å². The fourth-order valence-corrected chi connectivity index (χ4v) is 3.84. The first kappa shape index (κ1) is 21.9. The first-order valence-electron chi connectivity index (χ1n) is 8.21. The van der Waals surface area contributed by atoms with Gasteiger partial charge in [0, 0.05) is 31.0 Å². The second kappa shape index (κ2) is 10.8. The van der Waals surface area contributed by atoms with Crippen molar-refractivity contribution in [2.24, 2.45) is 0 Å². The van der Waals surface area contributed by atoms with E-state index in [4.69, 9.17) is 9.47 Å². The van der Waals surface area contributed by atoms with E-state index in [9.17, 15) is 4.79 Å². The van der Waals surface area contributed by atoms with Crippen molar-refractivity contribution in [3.8, 4) is 5.75 Å². The number of hydrogen-bond donors (Lipinski definition) is 0. The van der Waals surface area contributed by atoms with Gasteiger partial charge in [-0.3, -0.25) is 4.79 Å². The molecule has 0 aliphatic heterocycles. The van der Waals surface area contributed by atoms with Gasteiger partial charge in [-0.15, -0.1) is 0 Å². The molecule has 3 nitrogen and oxygen atoms in total. The molecule has 2 aromatic carbocycles. The minimum absolute atomic E-state index is 0. The molecule has 0 aliphatic rings. The summed E-state index contributed by atoms with van der Waals surface area (Å²) in [6, 6.07) is 11.9. The second-order valence-electron chi connectivity index (χ2n) is 5.80. The summed E-state index contributed by atoms with van der Waals surface area (Å²) < 4.78 is 10.8. The van der Waals surface area contributed by atoms with E-state index in [0.29, 0.717) is 19.8 Å². The van der Waals surface area contributed by atoms with Gasteiger partial charge in [0.25, 0.3) is 0 Å². The molecule has 1 atom stereocenters. The van der Waals surface area contributed by atoms with Gasteiger partial charge in [0.05, 0.1) is 6.61 Å². The number of ether oxygens (including phenoxy) is 2. The number of aryl methyl sites for hydroxylation is 3.